The lowest BCUT2D eigenvalue weighted by molar-refractivity contribution is 0.0819. The minimum absolute atomic E-state index is 0.140. The zero-order valence-corrected chi connectivity index (χ0v) is 28.1. The molecule has 1 heterocycles. The van der Waals surface area contributed by atoms with Crippen molar-refractivity contribution in [2.24, 2.45) is 0 Å². The molecule has 1 aliphatic rings. The van der Waals surface area contributed by atoms with E-state index in [-0.39, 0.29) is 11.4 Å². The lowest BCUT2D eigenvalue weighted by Crippen LogP contribution is -2.34. The highest BCUT2D eigenvalue weighted by Gasteiger charge is 2.34. The quantitative estimate of drug-likeness (QED) is 0.101. The average molecular weight is 639 g/mol. The third-order valence-corrected chi connectivity index (χ3v) is 8.76. The minimum atomic E-state index is -0.317. The van der Waals surface area contributed by atoms with Crippen molar-refractivity contribution in [3.8, 4) is 23.0 Å². The highest BCUT2D eigenvalue weighted by atomic mass is 16.5. The lowest BCUT2D eigenvalue weighted by Gasteiger charge is -2.35. The number of hydrogen-bond acceptors (Lipinski definition) is 5. The molecule has 0 N–H and O–H groups in total. The molecule has 0 amide bonds. The molecule has 0 spiro atoms. The third-order valence-electron chi connectivity index (χ3n) is 8.76. The largest absolute Gasteiger partial charge is 0.489 e. The second kappa shape index (κ2) is 14.6. The number of carbonyl (C=O) groups excluding carboxylic acids is 1. The van der Waals surface area contributed by atoms with Gasteiger partial charge in [0, 0.05) is 17.2 Å². The Morgan fingerprint density at radius 1 is 0.729 bits per heavy atom. The molecular formula is C43H42O5. The van der Waals surface area contributed by atoms with Gasteiger partial charge < -0.3 is 18.9 Å². The van der Waals surface area contributed by atoms with E-state index in [2.05, 4.69) is 13.8 Å². The van der Waals surface area contributed by atoms with Crippen LogP contribution in [0.15, 0.2) is 115 Å². The van der Waals surface area contributed by atoms with Crippen molar-refractivity contribution < 1.29 is 23.7 Å². The molecule has 0 radical (unpaired) electrons. The molecule has 0 atom stereocenters. The number of hydrogen-bond donors (Lipinski definition) is 0. The first-order valence-electron chi connectivity index (χ1n) is 16.5. The van der Waals surface area contributed by atoms with Crippen molar-refractivity contribution in [1.82, 2.24) is 0 Å². The molecule has 48 heavy (non-hydrogen) atoms. The van der Waals surface area contributed by atoms with Crippen molar-refractivity contribution in [2.45, 2.75) is 66.0 Å². The summed E-state index contributed by atoms with van der Waals surface area (Å²) in [5.74, 6) is 2.57. The van der Waals surface area contributed by atoms with Gasteiger partial charge in [0.25, 0.3) is 0 Å². The number of rotatable bonds is 12. The van der Waals surface area contributed by atoms with Crippen molar-refractivity contribution in [3.05, 3.63) is 160 Å². The molecule has 1 aliphatic heterocycles. The van der Waals surface area contributed by atoms with E-state index < -0.39 is 0 Å². The second-order valence-corrected chi connectivity index (χ2v) is 12.8. The van der Waals surface area contributed by atoms with Gasteiger partial charge in [-0.1, -0.05) is 91.0 Å². The zero-order chi connectivity index (χ0) is 33.5. The van der Waals surface area contributed by atoms with Crippen molar-refractivity contribution in [1.29, 1.82) is 0 Å². The van der Waals surface area contributed by atoms with Crippen molar-refractivity contribution >= 4 is 11.9 Å². The number of ketones is 1. The predicted molar refractivity (Wildman–Crippen MR) is 191 cm³/mol. The van der Waals surface area contributed by atoms with E-state index in [0.717, 1.165) is 57.5 Å². The molecule has 0 unspecified atom stereocenters. The van der Waals surface area contributed by atoms with Crippen LogP contribution in [0.2, 0.25) is 0 Å². The summed E-state index contributed by atoms with van der Waals surface area (Å²) < 4.78 is 25.4. The summed E-state index contributed by atoms with van der Waals surface area (Å²) in [7, 11) is 0. The van der Waals surface area contributed by atoms with E-state index in [9.17, 15) is 4.79 Å². The first-order valence-corrected chi connectivity index (χ1v) is 16.5. The maximum Gasteiger partial charge on any atom is 0.190 e. The van der Waals surface area contributed by atoms with Crippen LogP contribution in [0.1, 0.15) is 69.6 Å². The fourth-order valence-electron chi connectivity index (χ4n) is 5.90. The number of benzene rings is 5. The maximum atomic E-state index is 14.3. The Morgan fingerprint density at radius 2 is 1.29 bits per heavy atom. The molecule has 0 bridgehead atoms. The average Bonchev–Trinajstić information content (AvgIpc) is 3.11. The smallest absolute Gasteiger partial charge is 0.190 e. The van der Waals surface area contributed by atoms with Gasteiger partial charge in [0.1, 0.15) is 48.4 Å². The Labute approximate surface area is 283 Å². The number of allylic oxidation sites excluding steroid dienone is 1. The van der Waals surface area contributed by atoms with Crippen LogP contribution in [-0.2, 0) is 26.2 Å². The Morgan fingerprint density at radius 3 is 1.90 bits per heavy atom. The molecule has 6 rings (SSSR count). The summed E-state index contributed by atoms with van der Waals surface area (Å²) in [5, 5.41) is 0. The summed E-state index contributed by atoms with van der Waals surface area (Å²) in [6.45, 7) is 9.42. The maximum absolute atomic E-state index is 14.3. The van der Waals surface area contributed by atoms with E-state index >= 15 is 0 Å². The molecule has 5 nitrogen and oxygen atoms in total. The SMILES string of the molecule is Cc1c(C)c(OCc2ccccc2)c(C(=O)C=Cc2ccc(OCc3ccccc3)cc2OCc2ccccc2)c2c1OC(C)(C)CC2. The van der Waals surface area contributed by atoms with Gasteiger partial charge in [0.2, 0.25) is 0 Å². The van der Waals surface area contributed by atoms with Gasteiger partial charge >= 0.3 is 0 Å². The molecule has 5 aromatic carbocycles. The predicted octanol–water partition coefficient (Wildman–Crippen LogP) is 10.0. The first-order chi connectivity index (χ1) is 23.3. The van der Waals surface area contributed by atoms with E-state index in [1.165, 1.54) is 0 Å². The van der Waals surface area contributed by atoms with Gasteiger partial charge in [-0.2, -0.15) is 0 Å². The first kappa shape index (κ1) is 32.6. The van der Waals surface area contributed by atoms with Gasteiger partial charge in [-0.3, -0.25) is 4.79 Å². The van der Waals surface area contributed by atoms with Crippen LogP contribution in [-0.4, -0.2) is 11.4 Å². The van der Waals surface area contributed by atoms with E-state index in [0.29, 0.717) is 42.6 Å². The highest BCUT2D eigenvalue weighted by molar-refractivity contribution is 6.10. The summed E-state index contributed by atoms with van der Waals surface area (Å²) in [6.07, 6.45) is 4.96. The molecule has 244 valence electrons. The van der Waals surface area contributed by atoms with Gasteiger partial charge in [-0.15, -0.1) is 0 Å². The number of fused-ring (bicyclic) bond motifs is 1. The molecule has 0 aliphatic carbocycles. The Kier molecular flexibility index (Phi) is 9.96. The Bertz CT molecular complexity index is 1890. The summed E-state index contributed by atoms with van der Waals surface area (Å²) in [5.41, 5.74) is 6.99. The summed E-state index contributed by atoms with van der Waals surface area (Å²) in [6, 6.07) is 35.8. The fraction of sp³-hybridized carbons (Fsp3) is 0.233. The van der Waals surface area contributed by atoms with Gasteiger partial charge in [0.15, 0.2) is 5.78 Å². The van der Waals surface area contributed by atoms with E-state index in [1.807, 2.05) is 129 Å². The van der Waals surface area contributed by atoms with Crippen LogP contribution in [0.25, 0.3) is 6.08 Å². The molecule has 0 saturated heterocycles. The monoisotopic (exact) mass is 638 g/mol. The molecule has 0 saturated carbocycles. The second-order valence-electron chi connectivity index (χ2n) is 12.8. The minimum Gasteiger partial charge on any atom is -0.489 e. The van der Waals surface area contributed by atoms with Gasteiger partial charge in [-0.25, -0.2) is 0 Å². The number of carbonyl (C=O) groups is 1. The number of ether oxygens (including phenoxy) is 4. The standard InChI is InChI=1S/C43H42O5/c1-30-31(2)42(47-29-34-18-12-7-13-19-34)40(37-24-25-43(3,4)48-41(30)37)38(44)23-21-35-20-22-36(45-27-32-14-8-5-9-15-32)26-39(35)46-28-33-16-10-6-11-17-33/h5-23,26H,24-25,27-29H2,1-4H3. The highest BCUT2D eigenvalue weighted by Crippen LogP contribution is 2.44. The van der Waals surface area contributed by atoms with Gasteiger partial charge in [0.05, 0.1) is 5.56 Å². The molecule has 0 aromatic heterocycles. The fourth-order valence-corrected chi connectivity index (χ4v) is 5.90. The van der Waals surface area contributed by atoms with Crippen LogP contribution in [0, 0.1) is 13.8 Å². The van der Waals surface area contributed by atoms with Gasteiger partial charge in [-0.05, 0) is 92.6 Å². The lowest BCUT2D eigenvalue weighted by atomic mass is 9.86. The zero-order valence-electron chi connectivity index (χ0n) is 28.1. The summed E-state index contributed by atoms with van der Waals surface area (Å²) in [4.78, 5) is 14.3. The molecule has 5 aromatic rings. The molecule has 0 fully saturated rings. The third kappa shape index (κ3) is 7.80. The topological polar surface area (TPSA) is 54.0 Å². The van der Waals surface area contributed by atoms with Crippen LogP contribution in [0.5, 0.6) is 23.0 Å². The Hall–Kier alpha value is -5.29. The van der Waals surface area contributed by atoms with Crippen molar-refractivity contribution in [2.75, 3.05) is 0 Å². The molecule has 5 heteroatoms. The van der Waals surface area contributed by atoms with Crippen LogP contribution < -0.4 is 18.9 Å². The van der Waals surface area contributed by atoms with E-state index in [4.69, 9.17) is 18.9 Å². The summed E-state index contributed by atoms with van der Waals surface area (Å²) >= 11 is 0. The van der Waals surface area contributed by atoms with Crippen LogP contribution in [0.3, 0.4) is 0 Å². The van der Waals surface area contributed by atoms with Crippen LogP contribution in [0.4, 0.5) is 0 Å². The Balaban J connectivity index is 1.33. The van der Waals surface area contributed by atoms with Crippen molar-refractivity contribution in [3.63, 3.8) is 0 Å². The normalized spacial score (nSPS) is 13.4. The van der Waals surface area contributed by atoms with E-state index in [1.54, 1.807) is 6.08 Å². The van der Waals surface area contributed by atoms with Crippen LogP contribution >= 0.6 is 0 Å². The molecular weight excluding hydrogens is 596 g/mol.